The standard InChI is InChI=1S/C21H23N3O3/c1-14(2)16-5-3-15(4-6-16)12-23-18-9-7-17(8-10-18)20-11-19(27-24-20)13-26-21(22)25/h3-11,14,23H,12-13H2,1-2H3,(H2,22,25). The van der Waals surface area contributed by atoms with Gasteiger partial charge in [-0.2, -0.15) is 0 Å². The highest BCUT2D eigenvalue weighted by atomic mass is 16.6. The number of nitrogens with zero attached hydrogens (tertiary/aromatic N) is 1. The van der Waals surface area contributed by atoms with Gasteiger partial charge in [-0.3, -0.25) is 0 Å². The monoisotopic (exact) mass is 365 g/mol. The number of hydrogen-bond acceptors (Lipinski definition) is 5. The van der Waals surface area contributed by atoms with E-state index >= 15 is 0 Å². The van der Waals surface area contributed by atoms with Crippen molar-refractivity contribution in [1.82, 2.24) is 5.16 Å². The third kappa shape index (κ3) is 5.10. The summed E-state index contributed by atoms with van der Waals surface area (Å²) in [5.41, 5.74) is 10.1. The fourth-order valence-corrected chi connectivity index (χ4v) is 2.64. The van der Waals surface area contributed by atoms with Crippen LogP contribution in [0.1, 0.15) is 36.7 Å². The molecule has 1 amide bonds. The molecule has 0 unspecified atom stereocenters. The normalized spacial score (nSPS) is 10.8. The molecule has 0 saturated heterocycles. The van der Waals surface area contributed by atoms with Gasteiger partial charge in [0.25, 0.3) is 0 Å². The van der Waals surface area contributed by atoms with E-state index in [1.54, 1.807) is 6.07 Å². The van der Waals surface area contributed by atoms with Crippen LogP contribution in [0, 0.1) is 0 Å². The van der Waals surface area contributed by atoms with Crippen LogP contribution in [-0.4, -0.2) is 11.2 Å². The number of nitrogens with one attached hydrogen (secondary N) is 1. The number of rotatable bonds is 7. The number of carbonyl (C=O) groups excluding carboxylic acids is 1. The molecule has 6 heteroatoms. The number of hydrogen-bond donors (Lipinski definition) is 2. The average molecular weight is 365 g/mol. The van der Waals surface area contributed by atoms with Gasteiger partial charge in [0.15, 0.2) is 12.4 Å². The van der Waals surface area contributed by atoms with Gasteiger partial charge in [0.2, 0.25) is 0 Å². The molecule has 0 bridgehead atoms. The molecule has 0 aliphatic heterocycles. The van der Waals surface area contributed by atoms with Gasteiger partial charge in [0.05, 0.1) is 0 Å². The van der Waals surface area contributed by atoms with Crippen LogP contribution in [-0.2, 0) is 17.9 Å². The van der Waals surface area contributed by atoms with Gasteiger partial charge in [0, 0.05) is 23.9 Å². The quantitative estimate of drug-likeness (QED) is 0.635. The maximum Gasteiger partial charge on any atom is 0.404 e. The summed E-state index contributed by atoms with van der Waals surface area (Å²) in [6.07, 6.45) is -0.845. The molecule has 0 spiro atoms. The second-order valence-electron chi connectivity index (χ2n) is 6.61. The minimum atomic E-state index is -0.845. The van der Waals surface area contributed by atoms with Crippen LogP contribution < -0.4 is 11.1 Å². The van der Waals surface area contributed by atoms with Crippen LogP contribution >= 0.6 is 0 Å². The van der Waals surface area contributed by atoms with E-state index < -0.39 is 6.09 Å². The van der Waals surface area contributed by atoms with Gasteiger partial charge >= 0.3 is 6.09 Å². The van der Waals surface area contributed by atoms with Crippen molar-refractivity contribution in [2.45, 2.75) is 32.9 Å². The Balaban J connectivity index is 1.58. The molecule has 27 heavy (non-hydrogen) atoms. The summed E-state index contributed by atoms with van der Waals surface area (Å²) in [4.78, 5) is 10.6. The number of nitrogens with two attached hydrogens (primary N) is 1. The van der Waals surface area contributed by atoms with Gasteiger partial charge < -0.3 is 20.3 Å². The number of benzene rings is 2. The molecule has 0 aliphatic rings. The minimum Gasteiger partial charge on any atom is -0.441 e. The van der Waals surface area contributed by atoms with Gasteiger partial charge in [-0.15, -0.1) is 0 Å². The van der Waals surface area contributed by atoms with Gasteiger partial charge in [-0.25, -0.2) is 4.79 Å². The molecule has 1 aromatic heterocycles. The number of anilines is 1. The second kappa shape index (κ2) is 8.40. The summed E-state index contributed by atoms with van der Waals surface area (Å²) >= 11 is 0. The van der Waals surface area contributed by atoms with Crippen molar-refractivity contribution in [2.75, 3.05) is 5.32 Å². The second-order valence-corrected chi connectivity index (χ2v) is 6.61. The van der Waals surface area contributed by atoms with Crippen LogP contribution in [0.4, 0.5) is 10.5 Å². The minimum absolute atomic E-state index is 0.0302. The zero-order valence-electron chi connectivity index (χ0n) is 15.4. The zero-order chi connectivity index (χ0) is 19.2. The molecule has 3 rings (SSSR count). The van der Waals surface area contributed by atoms with Crippen molar-refractivity contribution >= 4 is 11.8 Å². The molecule has 3 aromatic rings. The summed E-state index contributed by atoms with van der Waals surface area (Å²) in [6.45, 7) is 5.11. The van der Waals surface area contributed by atoms with E-state index in [1.807, 2.05) is 24.3 Å². The highest BCUT2D eigenvalue weighted by Crippen LogP contribution is 2.22. The molecule has 3 N–H and O–H groups in total. The van der Waals surface area contributed by atoms with E-state index in [4.69, 9.17) is 10.3 Å². The Morgan fingerprint density at radius 3 is 2.48 bits per heavy atom. The lowest BCUT2D eigenvalue weighted by molar-refractivity contribution is 0.137. The largest absolute Gasteiger partial charge is 0.441 e. The van der Waals surface area contributed by atoms with Crippen molar-refractivity contribution in [1.29, 1.82) is 0 Å². The lowest BCUT2D eigenvalue weighted by Crippen LogP contribution is -2.12. The number of amides is 1. The maximum absolute atomic E-state index is 10.6. The Labute approximate surface area is 158 Å². The number of primary amides is 1. The van der Waals surface area contributed by atoms with Crippen molar-refractivity contribution in [3.8, 4) is 11.3 Å². The fraction of sp³-hybridized carbons (Fsp3) is 0.238. The predicted molar refractivity (Wildman–Crippen MR) is 104 cm³/mol. The highest BCUT2D eigenvalue weighted by Gasteiger charge is 2.08. The highest BCUT2D eigenvalue weighted by molar-refractivity contribution is 5.65. The Morgan fingerprint density at radius 1 is 1.15 bits per heavy atom. The topological polar surface area (TPSA) is 90.4 Å². The van der Waals surface area contributed by atoms with Gasteiger partial charge in [-0.05, 0) is 29.2 Å². The van der Waals surface area contributed by atoms with E-state index in [2.05, 4.69) is 53.3 Å². The van der Waals surface area contributed by atoms with E-state index in [0.717, 1.165) is 17.8 Å². The van der Waals surface area contributed by atoms with Crippen LogP contribution in [0.15, 0.2) is 59.1 Å². The molecule has 0 atom stereocenters. The Morgan fingerprint density at radius 2 is 1.85 bits per heavy atom. The third-order valence-electron chi connectivity index (χ3n) is 4.24. The SMILES string of the molecule is CC(C)c1ccc(CNc2ccc(-c3cc(COC(N)=O)on3)cc2)cc1. The first kappa shape index (κ1) is 18.5. The van der Waals surface area contributed by atoms with Crippen LogP contribution in [0.3, 0.4) is 0 Å². The molecular weight excluding hydrogens is 342 g/mol. The number of aromatic nitrogens is 1. The first-order chi connectivity index (χ1) is 13.0. The fourth-order valence-electron chi connectivity index (χ4n) is 2.64. The molecule has 6 nitrogen and oxygen atoms in total. The van der Waals surface area contributed by atoms with E-state index in [1.165, 1.54) is 11.1 Å². The molecule has 0 aliphatic carbocycles. The molecule has 140 valence electrons. The Hall–Kier alpha value is -3.28. The first-order valence-corrected chi connectivity index (χ1v) is 8.82. The van der Waals surface area contributed by atoms with Crippen molar-refractivity contribution in [3.63, 3.8) is 0 Å². The summed E-state index contributed by atoms with van der Waals surface area (Å²) < 4.78 is 9.82. The van der Waals surface area contributed by atoms with E-state index in [9.17, 15) is 4.79 Å². The van der Waals surface area contributed by atoms with E-state index in [0.29, 0.717) is 17.4 Å². The molecule has 0 saturated carbocycles. The lowest BCUT2D eigenvalue weighted by Gasteiger charge is -2.09. The van der Waals surface area contributed by atoms with Crippen LogP contribution in [0.2, 0.25) is 0 Å². The molecule has 2 aromatic carbocycles. The summed E-state index contributed by atoms with van der Waals surface area (Å²) in [6, 6.07) is 18.3. The molecule has 0 radical (unpaired) electrons. The van der Waals surface area contributed by atoms with Gasteiger partial charge in [-0.1, -0.05) is 55.4 Å². The predicted octanol–water partition coefficient (Wildman–Crippen LogP) is 4.67. The van der Waals surface area contributed by atoms with Crippen LogP contribution in [0.25, 0.3) is 11.3 Å². The summed E-state index contributed by atoms with van der Waals surface area (Å²) in [7, 11) is 0. The van der Waals surface area contributed by atoms with Gasteiger partial charge in [0.1, 0.15) is 5.69 Å². The number of carbonyl (C=O) groups is 1. The first-order valence-electron chi connectivity index (χ1n) is 8.82. The molecular formula is C21H23N3O3. The number of ether oxygens (including phenoxy) is 1. The molecule has 0 fully saturated rings. The average Bonchev–Trinajstić information content (AvgIpc) is 3.14. The Bertz CT molecular complexity index is 884. The van der Waals surface area contributed by atoms with Crippen LogP contribution in [0.5, 0.6) is 0 Å². The summed E-state index contributed by atoms with van der Waals surface area (Å²) in [5, 5.41) is 7.39. The maximum atomic E-state index is 10.6. The smallest absolute Gasteiger partial charge is 0.404 e. The lowest BCUT2D eigenvalue weighted by atomic mass is 10.0. The Kier molecular flexibility index (Phi) is 5.76. The third-order valence-corrected chi connectivity index (χ3v) is 4.24. The van der Waals surface area contributed by atoms with Crippen molar-refractivity contribution < 1.29 is 14.1 Å². The van der Waals surface area contributed by atoms with Crippen molar-refractivity contribution in [2.24, 2.45) is 5.73 Å². The van der Waals surface area contributed by atoms with Crippen molar-refractivity contribution in [3.05, 3.63) is 71.5 Å². The van der Waals surface area contributed by atoms with E-state index in [-0.39, 0.29) is 6.61 Å². The molecule has 1 heterocycles. The zero-order valence-corrected chi connectivity index (χ0v) is 15.4. The summed E-state index contributed by atoms with van der Waals surface area (Å²) in [5.74, 6) is 0.981.